The van der Waals surface area contributed by atoms with Gasteiger partial charge in [-0.2, -0.15) is 0 Å². The summed E-state index contributed by atoms with van der Waals surface area (Å²) < 4.78 is 0. The van der Waals surface area contributed by atoms with Crippen molar-refractivity contribution in [2.45, 2.75) is 45.6 Å². The first kappa shape index (κ1) is 14.7. The lowest BCUT2D eigenvalue weighted by molar-refractivity contribution is 0.0827. The molecule has 0 amide bonds. The lowest BCUT2D eigenvalue weighted by Gasteiger charge is -2.43. The normalized spacial score (nSPS) is 24.1. The Hall–Kier alpha value is -0.340. The zero-order valence-corrected chi connectivity index (χ0v) is 11.9. The fourth-order valence-corrected chi connectivity index (χ4v) is 2.58. The van der Waals surface area contributed by atoms with Gasteiger partial charge in [0.1, 0.15) is 0 Å². The van der Waals surface area contributed by atoms with Crippen molar-refractivity contribution in [3.05, 3.63) is 12.7 Å². The Balaban J connectivity index is 2.13. The van der Waals surface area contributed by atoms with Crippen molar-refractivity contribution < 1.29 is 0 Å². The third-order valence-corrected chi connectivity index (χ3v) is 3.82. The Bertz CT molecular complexity index is 213. The molecule has 0 spiro atoms. The number of unbranched alkanes of at least 4 members (excludes halogenated alkanes) is 1. The summed E-state index contributed by atoms with van der Waals surface area (Å²) in [5, 5.41) is 3.60. The quantitative estimate of drug-likeness (QED) is 0.491. The van der Waals surface area contributed by atoms with Crippen LogP contribution < -0.4 is 5.32 Å². The van der Waals surface area contributed by atoms with E-state index in [1.165, 1.54) is 32.4 Å². The van der Waals surface area contributed by atoms with Crippen LogP contribution in [0.4, 0.5) is 0 Å². The highest BCUT2D eigenvalue weighted by molar-refractivity contribution is 4.89. The summed E-state index contributed by atoms with van der Waals surface area (Å²) in [6.07, 6.45) is 7.21. The van der Waals surface area contributed by atoms with E-state index in [2.05, 4.69) is 37.7 Å². The molecular formula is C15H30N2. The average Bonchev–Trinajstić information content (AvgIpc) is 2.22. The summed E-state index contributed by atoms with van der Waals surface area (Å²) in [5.41, 5.74) is 0. The van der Waals surface area contributed by atoms with Crippen molar-refractivity contribution in [2.75, 3.05) is 26.7 Å². The van der Waals surface area contributed by atoms with Gasteiger partial charge in [-0.3, -0.25) is 0 Å². The number of hydrogen-bond donors (Lipinski definition) is 1. The molecule has 0 aliphatic heterocycles. The van der Waals surface area contributed by atoms with E-state index in [-0.39, 0.29) is 0 Å². The van der Waals surface area contributed by atoms with Crippen LogP contribution in [-0.2, 0) is 0 Å². The van der Waals surface area contributed by atoms with Crippen LogP contribution in [0.1, 0.15) is 39.5 Å². The van der Waals surface area contributed by atoms with Gasteiger partial charge in [0, 0.05) is 6.04 Å². The van der Waals surface area contributed by atoms with Crippen molar-refractivity contribution in [3.8, 4) is 0 Å². The van der Waals surface area contributed by atoms with Gasteiger partial charge in [0.15, 0.2) is 0 Å². The summed E-state index contributed by atoms with van der Waals surface area (Å²) in [5.74, 6) is 1.64. The molecule has 0 bridgehead atoms. The molecule has 0 saturated heterocycles. The Morgan fingerprint density at radius 2 is 2.18 bits per heavy atom. The van der Waals surface area contributed by atoms with Gasteiger partial charge in [-0.05, 0) is 64.2 Å². The smallest absolute Gasteiger partial charge is 0.0133 e. The second-order valence-corrected chi connectivity index (χ2v) is 5.87. The van der Waals surface area contributed by atoms with Crippen molar-refractivity contribution in [3.63, 3.8) is 0 Å². The minimum atomic E-state index is 0.763. The monoisotopic (exact) mass is 238 g/mol. The molecule has 17 heavy (non-hydrogen) atoms. The second kappa shape index (κ2) is 7.88. The Morgan fingerprint density at radius 1 is 1.41 bits per heavy atom. The standard InChI is InChI=1S/C15H30N2/c1-5-6-7-10-17(4)15-9-8-14(15)12-16-11-13(2)3/h5,13-16H,1,6-12H2,2-4H3. The van der Waals surface area contributed by atoms with Gasteiger partial charge in [0.25, 0.3) is 0 Å². The first-order valence-corrected chi connectivity index (χ1v) is 7.17. The van der Waals surface area contributed by atoms with Crippen molar-refractivity contribution >= 4 is 0 Å². The van der Waals surface area contributed by atoms with E-state index in [9.17, 15) is 0 Å². The van der Waals surface area contributed by atoms with Crippen LogP contribution in [0.15, 0.2) is 12.7 Å². The van der Waals surface area contributed by atoms with Crippen LogP contribution >= 0.6 is 0 Å². The van der Waals surface area contributed by atoms with Crippen LogP contribution in [0, 0.1) is 11.8 Å². The lowest BCUT2D eigenvalue weighted by Crippen LogP contribution is -2.49. The highest BCUT2D eigenvalue weighted by Gasteiger charge is 2.32. The first-order chi connectivity index (χ1) is 8.15. The molecule has 0 aromatic heterocycles. The maximum absolute atomic E-state index is 3.78. The van der Waals surface area contributed by atoms with Crippen molar-refractivity contribution in [2.24, 2.45) is 11.8 Å². The van der Waals surface area contributed by atoms with Gasteiger partial charge in [0.2, 0.25) is 0 Å². The predicted octanol–water partition coefficient (Wildman–Crippen LogP) is 2.91. The molecule has 1 rings (SSSR count). The molecule has 2 heteroatoms. The summed E-state index contributed by atoms with van der Waals surface area (Å²) in [4.78, 5) is 2.55. The minimum Gasteiger partial charge on any atom is -0.316 e. The molecule has 0 heterocycles. The fraction of sp³-hybridized carbons (Fsp3) is 0.867. The number of nitrogens with zero attached hydrogens (tertiary/aromatic N) is 1. The van der Waals surface area contributed by atoms with Crippen LogP contribution in [0.3, 0.4) is 0 Å². The molecule has 0 radical (unpaired) electrons. The molecule has 2 unspecified atom stereocenters. The molecule has 1 fully saturated rings. The third-order valence-electron chi connectivity index (χ3n) is 3.82. The Morgan fingerprint density at radius 3 is 2.71 bits per heavy atom. The van der Waals surface area contributed by atoms with E-state index in [0.29, 0.717) is 0 Å². The molecule has 1 aliphatic carbocycles. The third kappa shape index (κ3) is 5.22. The number of nitrogens with one attached hydrogen (secondary N) is 1. The van der Waals surface area contributed by atoms with Gasteiger partial charge >= 0.3 is 0 Å². The van der Waals surface area contributed by atoms with Crippen LogP contribution in [0.2, 0.25) is 0 Å². The van der Waals surface area contributed by atoms with E-state index < -0.39 is 0 Å². The van der Waals surface area contributed by atoms with Gasteiger partial charge in [-0.1, -0.05) is 19.9 Å². The summed E-state index contributed by atoms with van der Waals surface area (Å²) in [6.45, 7) is 11.9. The predicted molar refractivity (Wildman–Crippen MR) is 76.3 cm³/mol. The number of rotatable bonds is 9. The van der Waals surface area contributed by atoms with Gasteiger partial charge < -0.3 is 10.2 Å². The first-order valence-electron chi connectivity index (χ1n) is 7.17. The maximum atomic E-state index is 3.78. The highest BCUT2D eigenvalue weighted by Crippen LogP contribution is 2.31. The summed E-state index contributed by atoms with van der Waals surface area (Å²) >= 11 is 0. The zero-order valence-electron chi connectivity index (χ0n) is 11.9. The SMILES string of the molecule is C=CCCCN(C)C1CCC1CNCC(C)C. The van der Waals surface area contributed by atoms with E-state index in [1.54, 1.807) is 0 Å². The molecule has 100 valence electrons. The largest absolute Gasteiger partial charge is 0.316 e. The molecule has 2 nitrogen and oxygen atoms in total. The van der Waals surface area contributed by atoms with Crippen molar-refractivity contribution in [1.29, 1.82) is 0 Å². The molecule has 0 aromatic rings. The van der Waals surface area contributed by atoms with Gasteiger partial charge in [-0.25, -0.2) is 0 Å². The molecule has 2 atom stereocenters. The number of allylic oxidation sites excluding steroid dienone is 1. The Kier molecular flexibility index (Phi) is 6.83. The van der Waals surface area contributed by atoms with E-state index in [1.807, 2.05) is 6.08 Å². The fourth-order valence-electron chi connectivity index (χ4n) is 2.58. The van der Waals surface area contributed by atoms with E-state index in [0.717, 1.165) is 30.8 Å². The molecule has 1 N–H and O–H groups in total. The van der Waals surface area contributed by atoms with Gasteiger partial charge in [0.05, 0.1) is 0 Å². The Labute approximate surface area is 107 Å². The molecule has 0 aromatic carbocycles. The highest BCUT2D eigenvalue weighted by atomic mass is 15.1. The zero-order chi connectivity index (χ0) is 12.7. The van der Waals surface area contributed by atoms with Gasteiger partial charge in [-0.15, -0.1) is 6.58 Å². The lowest BCUT2D eigenvalue weighted by atomic mass is 9.78. The summed E-state index contributed by atoms with van der Waals surface area (Å²) in [6, 6.07) is 0.819. The number of hydrogen-bond acceptors (Lipinski definition) is 2. The van der Waals surface area contributed by atoms with Crippen LogP contribution in [-0.4, -0.2) is 37.6 Å². The van der Waals surface area contributed by atoms with Crippen molar-refractivity contribution in [1.82, 2.24) is 10.2 Å². The average molecular weight is 238 g/mol. The topological polar surface area (TPSA) is 15.3 Å². The second-order valence-electron chi connectivity index (χ2n) is 5.87. The van der Waals surface area contributed by atoms with Crippen LogP contribution in [0.25, 0.3) is 0 Å². The maximum Gasteiger partial charge on any atom is 0.0133 e. The van der Waals surface area contributed by atoms with E-state index in [4.69, 9.17) is 0 Å². The molecule has 1 saturated carbocycles. The van der Waals surface area contributed by atoms with Crippen LogP contribution in [0.5, 0.6) is 0 Å². The minimum absolute atomic E-state index is 0.763. The molecular weight excluding hydrogens is 208 g/mol. The summed E-state index contributed by atoms with van der Waals surface area (Å²) in [7, 11) is 2.28. The van der Waals surface area contributed by atoms with E-state index >= 15 is 0 Å². The molecule has 1 aliphatic rings.